The second-order valence-corrected chi connectivity index (χ2v) is 5.06. The Labute approximate surface area is 106 Å². The van der Waals surface area contributed by atoms with E-state index in [2.05, 4.69) is 25.7 Å². The molecule has 0 bridgehead atoms. The quantitative estimate of drug-likeness (QED) is 0.596. The van der Waals surface area contributed by atoms with Crippen LogP contribution in [0.1, 0.15) is 41.0 Å². The SMILES string of the molecule is C/C=C\C=C(\F)C(C)N(C)CC(C)C(C)CC. The number of hydrogen-bond donors (Lipinski definition) is 0. The van der Waals surface area contributed by atoms with Crippen molar-refractivity contribution in [3.63, 3.8) is 0 Å². The second-order valence-electron chi connectivity index (χ2n) is 5.06. The predicted octanol–water partition coefficient (Wildman–Crippen LogP) is 4.42. The minimum Gasteiger partial charge on any atom is -0.297 e. The zero-order chi connectivity index (χ0) is 13.4. The molecular weight excluding hydrogens is 213 g/mol. The lowest BCUT2D eigenvalue weighted by atomic mass is 9.93. The largest absolute Gasteiger partial charge is 0.297 e. The van der Waals surface area contributed by atoms with Crippen LogP contribution in [0.15, 0.2) is 24.1 Å². The molecule has 0 aromatic carbocycles. The summed E-state index contributed by atoms with van der Waals surface area (Å²) in [6, 6.07) is -0.141. The minimum absolute atomic E-state index is 0.0676. The standard InChI is InChI=1S/C15H28FN/c1-7-9-10-15(16)14(5)17(6)11-13(4)12(3)8-2/h7,9-10,12-14H,8,11H2,1-6H3/b9-7-,15-10+. The maximum absolute atomic E-state index is 13.7. The van der Waals surface area contributed by atoms with Crippen LogP contribution >= 0.6 is 0 Å². The molecule has 0 aliphatic rings. The zero-order valence-corrected chi connectivity index (χ0v) is 12.2. The Morgan fingerprint density at radius 3 is 2.29 bits per heavy atom. The van der Waals surface area contributed by atoms with E-state index < -0.39 is 0 Å². The van der Waals surface area contributed by atoms with Crippen molar-refractivity contribution in [1.29, 1.82) is 0 Å². The van der Waals surface area contributed by atoms with Gasteiger partial charge in [-0.25, -0.2) is 4.39 Å². The lowest BCUT2D eigenvalue weighted by Crippen LogP contribution is -2.35. The average molecular weight is 241 g/mol. The summed E-state index contributed by atoms with van der Waals surface area (Å²) in [6.45, 7) is 11.5. The van der Waals surface area contributed by atoms with Crippen LogP contribution in [0, 0.1) is 11.8 Å². The van der Waals surface area contributed by atoms with Crippen molar-refractivity contribution >= 4 is 0 Å². The molecule has 0 rings (SSSR count). The lowest BCUT2D eigenvalue weighted by Gasteiger charge is -2.29. The number of likely N-dealkylation sites (N-methyl/N-ethyl adjacent to an activating group) is 1. The summed E-state index contributed by atoms with van der Waals surface area (Å²) >= 11 is 0. The molecule has 3 unspecified atom stereocenters. The highest BCUT2D eigenvalue weighted by atomic mass is 19.1. The Morgan fingerprint density at radius 1 is 1.24 bits per heavy atom. The first-order valence-electron chi connectivity index (χ1n) is 6.62. The summed E-state index contributed by atoms with van der Waals surface area (Å²) < 4.78 is 13.7. The Kier molecular flexibility index (Phi) is 8.15. The van der Waals surface area contributed by atoms with E-state index in [4.69, 9.17) is 0 Å². The fourth-order valence-corrected chi connectivity index (χ4v) is 1.73. The third-order valence-corrected chi connectivity index (χ3v) is 3.70. The summed E-state index contributed by atoms with van der Waals surface area (Å²) in [5, 5.41) is 0. The van der Waals surface area contributed by atoms with Gasteiger partial charge in [-0.1, -0.05) is 39.3 Å². The first-order valence-corrected chi connectivity index (χ1v) is 6.62. The molecule has 0 fully saturated rings. The monoisotopic (exact) mass is 241 g/mol. The van der Waals surface area contributed by atoms with Gasteiger partial charge in [0.2, 0.25) is 0 Å². The number of allylic oxidation sites excluding steroid dienone is 3. The number of nitrogens with zero attached hydrogens (tertiary/aromatic N) is 1. The highest BCUT2D eigenvalue weighted by Crippen LogP contribution is 2.18. The highest BCUT2D eigenvalue weighted by Gasteiger charge is 2.18. The van der Waals surface area contributed by atoms with Crippen LogP contribution in [0.2, 0.25) is 0 Å². The van der Waals surface area contributed by atoms with E-state index in [-0.39, 0.29) is 11.9 Å². The summed E-state index contributed by atoms with van der Waals surface area (Å²) in [5.74, 6) is 1.22. The first-order chi connectivity index (χ1) is 7.93. The molecule has 0 aliphatic carbocycles. The molecular formula is C15H28FN. The van der Waals surface area contributed by atoms with E-state index >= 15 is 0 Å². The molecule has 0 amide bonds. The third kappa shape index (κ3) is 6.02. The Hall–Kier alpha value is -0.630. The van der Waals surface area contributed by atoms with Crippen LogP contribution in [0.5, 0.6) is 0 Å². The molecule has 0 aromatic rings. The van der Waals surface area contributed by atoms with Gasteiger partial charge < -0.3 is 0 Å². The Morgan fingerprint density at radius 2 is 1.82 bits per heavy atom. The molecule has 3 atom stereocenters. The van der Waals surface area contributed by atoms with Crippen molar-refractivity contribution in [3.05, 3.63) is 24.1 Å². The Bertz CT molecular complexity index is 258. The highest BCUT2D eigenvalue weighted by molar-refractivity contribution is 5.10. The molecule has 0 heterocycles. The van der Waals surface area contributed by atoms with Crippen LogP contribution in [-0.4, -0.2) is 24.5 Å². The molecule has 17 heavy (non-hydrogen) atoms. The van der Waals surface area contributed by atoms with Crippen LogP contribution in [-0.2, 0) is 0 Å². The van der Waals surface area contributed by atoms with Crippen molar-refractivity contribution in [3.8, 4) is 0 Å². The first kappa shape index (κ1) is 16.4. The second kappa shape index (κ2) is 8.46. The van der Waals surface area contributed by atoms with E-state index in [9.17, 15) is 4.39 Å². The van der Waals surface area contributed by atoms with Gasteiger partial charge in [-0.2, -0.15) is 0 Å². The maximum Gasteiger partial charge on any atom is 0.117 e. The van der Waals surface area contributed by atoms with Crippen molar-refractivity contribution in [2.45, 2.75) is 47.1 Å². The van der Waals surface area contributed by atoms with Gasteiger partial charge in [-0.3, -0.25) is 4.90 Å². The molecule has 0 radical (unpaired) electrons. The summed E-state index contributed by atoms with van der Waals surface area (Å²) in [5.41, 5.74) is 0. The van der Waals surface area contributed by atoms with Crippen molar-refractivity contribution in [2.24, 2.45) is 11.8 Å². The predicted molar refractivity (Wildman–Crippen MR) is 74.7 cm³/mol. The van der Waals surface area contributed by atoms with Gasteiger partial charge in [0.25, 0.3) is 0 Å². The lowest BCUT2D eigenvalue weighted by molar-refractivity contribution is 0.196. The van der Waals surface area contributed by atoms with Gasteiger partial charge >= 0.3 is 0 Å². The van der Waals surface area contributed by atoms with Gasteiger partial charge in [0.05, 0.1) is 6.04 Å². The number of rotatable bonds is 7. The molecule has 0 aromatic heterocycles. The van der Waals surface area contributed by atoms with Crippen molar-refractivity contribution in [2.75, 3.05) is 13.6 Å². The molecule has 0 aliphatic heterocycles. The van der Waals surface area contributed by atoms with E-state index in [1.165, 1.54) is 6.42 Å². The van der Waals surface area contributed by atoms with Crippen molar-refractivity contribution in [1.82, 2.24) is 4.90 Å². The van der Waals surface area contributed by atoms with Gasteiger partial charge in [-0.15, -0.1) is 0 Å². The van der Waals surface area contributed by atoms with Gasteiger partial charge in [0, 0.05) is 6.54 Å². The summed E-state index contributed by atoms with van der Waals surface area (Å²) in [4.78, 5) is 2.09. The van der Waals surface area contributed by atoms with Gasteiger partial charge in [0.1, 0.15) is 5.83 Å². The maximum atomic E-state index is 13.7. The van der Waals surface area contributed by atoms with Crippen LogP contribution in [0.3, 0.4) is 0 Å². The van der Waals surface area contributed by atoms with Gasteiger partial charge in [-0.05, 0) is 38.8 Å². The smallest absolute Gasteiger partial charge is 0.117 e. The third-order valence-electron chi connectivity index (χ3n) is 3.70. The fraction of sp³-hybridized carbons (Fsp3) is 0.733. The fourth-order valence-electron chi connectivity index (χ4n) is 1.73. The zero-order valence-electron chi connectivity index (χ0n) is 12.2. The van der Waals surface area contributed by atoms with Crippen LogP contribution in [0.4, 0.5) is 4.39 Å². The number of halogens is 1. The molecule has 100 valence electrons. The van der Waals surface area contributed by atoms with Crippen molar-refractivity contribution < 1.29 is 4.39 Å². The molecule has 1 nitrogen and oxygen atoms in total. The van der Waals surface area contributed by atoms with Gasteiger partial charge in [0.15, 0.2) is 0 Å². The molecule has 2 heteroatoms. The van der Waals surface area contributed by atoms with Crippen LogP contribution < -0.4 is 0 Å². The average Bonchev–Trinajstić information content (AvgIpc) is 2.33. The normalized spacial score (nSPS) is 18.7. The Balaban J connectivity index is 4.35. The van der Waals surface area contributed by atoms with E-state index in [1.54, 1.807) is 12.2 Å². The molecule has 0 saturated carbocycles. The van der Waals surface area contributed by atoms with E-state index in [1.807, 2.05) is 27.0 Å². The van der Waals surface area contributed by atoms with E-state index in [0.717, 1.165) is 6.54 Å². The van der Waals surface area contributed by atoms with Crippen LogP contribution in [0.25, 0.3) is 0 Å². The minimum atomic E-state index is -0.141. The topological polar surface area (TPSA) is 3.24 Å². The molecule has 0 N–H and O–H groups in total. The number of hydrogen-bond acceptors (Lipinski definition) is 1. The molecule has 0 spiro atoms. The van der Waals surface area contributed by atoms with E-state index in [0.29, 0.717) is 11.8 Å². The molecule has 0 saturated heterocycles. The summed E-state index contributed by atoms with van der Waals surface area (Å²) in [7, 11) is 1.99. The summed E-state index contributed by atoms with van der Waals surface area (Å²) in [6.07, 6.45) is 6.32.